The van der Waals surface area contributed by atoms with Gasteiger partial charge in [-0.15, -0.1) is 0 Å². The molecule has 18 heavy (non-hydrogen) atoms. The van der Waals surface area contributed by atoms with Gasteiger partial charge in [0.2, 0.25) is 0 Å². The summed E-state index contributed by atoms with van der Waals surface area (Å²) in [6.07, 6.45) is 0.323. The third-order valence-electron chi connectivity index (χ3n) is 2.52. The average Bonchev–Trinajstić information content (AvgIpc) is 2.74. The Balaban J connectivity index is 2.28. The zero-order valence-corrected chi connectivity index (χ0v) is 11.2. The summed E-state index contributed by atoms with van der Waals surface area (Å²) in [7, 11) is 0. The predicted octanol–water partition coefficient (Wildman–Crippen LogP) is 2.91. The minimum Gasteiger partial charge on any atom is -0.481 e. The summed E-state index contributed by atoms with van der Waals surface area (Å²) in [5.74, 6) is -1.01. The van der Waals surface area contributed by atoms with E-state index in [-0.39, 0.29) is 0 Å². The summed E-state index contributed by atoms with van der Waals surface area (Å²) in [5.41, 5.74) is 0.805. The largest absolute Gasteiger partial charge is 0.481 e. The molecule has 1 aromatic carbocycles. The summed E-state index contributed by atoms with van der Waals surface area (Å²) in [6, 6.07) is 7.23. The van der Waals surface area contributed by atoms with Crippen LogP contribution in [0.4, 0.5) is 0 Å². The Morgan fingerprint density at radius 3 is 2.78 bits per heavy atom. The molecule has 0 fully saturated rings. The molecule has 94 valence electrons. The third-order valence-corrected chi connectivity index (χ3v) is 3.81. The maximum absolute atomic E-state index is 11.3. The highest BCUT2D eigenvalue weighted by atomic mass is 35.5. The maximum atomic E-state index is 11.3. The molecule has 0 aliphatic heterocycles. The van der Waals surface area contributed by atoms with E-state index in [1.807, 2.05) is 18.2 Å². The van der Waals surface area contributed by atoms with Crippen LogP contribution in [0.2, 0.25) is 5.02 Å². The Morgan fingerprint density at radius 2 is 2.22 bits per heavy atom. The maximum Gasteiger partial charge on any atom is 0.313 e. The fourth-order valence-electron chi connectivity index (χ4n) is 1.62. The van der Waals surface area contributed by atoms with Gasteiger partial charge in [-0.3, -0.25) is 4.79 Å². The van der Waals surface area contributed by atoms with Crippen LogP contribution in [0, 0.1) is 6.92 Å². The van der Waals surface area contributed by atoms with Crippen molar-refractivity contribution in [3.8, 4) is 0 Å². The Morgan fingerprint density at radius 1 is 1.50 bits per heavy atom. The van der Waals surface area contributed by atoms with E-state index in [2.05, 4.69) is 9.36 Å². The van der Waals surface area contributed by atoms with Gasteiger partial charge < -0.3 is 5.11 Å². The van der Waals surface area contributed by atoms with Gasteiger partial charge >= 0.3 is 5.97 Å². The van der Waals surface area contributed by atoms with E-state index in [0.717, 1.165) is 17.1 Å². The van der Waals surface area contributed by atoms with Crippen molar-refractivity contribution < 1.29 is 9.90 Å². The van der Waals surface area contributed by atoms with Crippen molar-refractivity contribution >= 4 is 29.1 Å². The molecule has 1 atom stereocenters. The van der Waals surface area contributed by atoms with Crippen LogP contribution in [-0.4, -0.2) is 20.4 Å². The topological polar surface area (TPSA) is 63.1 Å². The number of halogens is 1. The fourth-order valence-corrected chi connectivity index (χ4v) is 2.58. The van der Waals surface area contributed by atoms with E-state index in [9.17, 15) is 9.90 Å². The average molecular weight is 283 g/mol. The van der Waals surface area contributed by atoms with Crippen LogP contribution in [0.25, 0.3) is 0 Å². The number of aromatic nitrogens is 2. The Labute approximate surface area is 113 Å². The first-order valence-electron chi connectivity index (χ1n) is 5.34. The van der Waals surface area contributed by atoms with E-state index in [4.69, 9.17) is 11.6 Å². The molecule has 0 bridgehead atoms. The smallest absolute Gasteiger partial charge is 0.313 e. The van der Waals surface area contributed by atoms with Gasteiger partial charge in [-0.05, 0) is 36.5 Å². The van der Waals surface area contributed by atoms with Crippen molar-refractivity contribution in [1.82, 2.24) is 9.36 Å². The van der Waals surface area contributed by atoms with Crippen molar-refractivity contribution in [2.24, 2.45) is 0 Å². The second-order valence-corrected chi connectivity index (χ2v) is 5.06. The second-order valence-electron chi connectivity index (χ2n) is 3.87. The molecule has 0 aliphatic carbocycles. The number of hydrogen-bond donors (Lipinski definition) is 1. The number of carboxylic acid groups (broad SMARTS) is 1. The van der Waals surface area contributed by atoms with Crippen molar-refractivity contribution in [3.05, 3.63) is 45.7 Å². The number of hydrogen-bond acceptors (Lipinski definition) is 4. The van der Waals surface area contributed by atoms with E-state index in [0.29, 0.717) is 22.3 Å². The summed E-state index contributed by atoms with van der Waals surface area (Å²) < 4.78 is 4.02. The first kappa shape index (κ1) is 13.0. The highest BCUT2D eigenvalue weighted by Gasteiger charge is 2.24. The molecule has 2 aromatic rings. The number of aliphatic carboxylic acids is 1. The van der Waals surface area contributed by atoms with E-state index in [1.165, 1.54) is 0 Å². The molecule has 4 nitrogen and oxygen atoms in total. The quantitative estimate of drug-likeness (QED) is 0.936. The number of carboxylic acids is 1. The fraction of sp³-hybridized carbons (Fsp3) is 0.250. The lowest BCUT2D eigenvalue weighted by Crippen LogP contribution is -2.14. The minimum atomic E-state index is -0.911. The van der Waals surface area contributed by atoms with Crippen molar-refractivity contribution in [3.63, 3.8) is 0 Å². The van der Waals surface area contributed by atoms with Gasteiger partial charge in [-0.25, -0.2) is 4.98 Å². The van der Waals surface area contributed by atoms with Gasteiger partial charge in [-0.2, -0.15) is 4.37 Å². The van der Waals surface area contributed by atoms with Gasteiger partial charge in [0.25, 0.3) is 0 Å². The molecule has 1 N–H and O–H groups in total. The summed E-state index contributed by atoms with van der Waals surface area (Å²) in [4.78, 5) is 15.5. The monoisotopic (exact) mass is 282 g/mol. The van der Waals surface area contributed by atoms with Crippen LogP contribution in [0.1, 0.15) is 22.3 Å². The van der Waals surface area contributed by atoms with Gasteiger partial charge in [0.1, 0.15) is 16.7 Å². The lowest BCUT2D eigenvalue weighted by atomic mass is 10.00. The molecule has 1 unspecified atom stereocenters. The summed E-state index contributed by atoms with van der Waals surface area (Å²) in [5, 5.41) is 10.4. The molecule has 0 radical (unpaired) electrons. The number of benzene rings is 1. The minimum absolute atomic E-state index is 0.323. The Bertz CT molecular complexity index is 571. The van der Waals surface area contributed by atoms with Crippen LogP contribution < -0.4 is 0 Å². The molecule has 0 saturated carbocycles. The van der Waals surface area contributed by atoms with Crippen LogP contribution in [-0.2, 0) is 11.2 Å². The van der Waals surface area contributed by atoms with Gasteiger partial charge in [-0.1, -0.05) is 29.8 Å². The number of nitrogens with zero attached hydrogens (tertiary/aromatic N) is 2. The van der Waals surface area contributed by atoms with Crippen LogP contribution in [0.5, 0.6) is 0 Å². The molecule has 0 saturated heterocycles. The highest BCUT2D eigenvalue weighted by molar-refractivity contribution is 7.05. The molecule has 1 aromatic heterocycles. The lowest BCUT2D eigenvalue weighted by molar-refractivity contribution is -0.138. The summed E-state index contributed by atoms with van der Waals surface area (Å²) in [6.45, 7) is 1.74. The molecular formula is C12H11ClN2O2S. The molecule has 1 heterocycles. The molecular weight excluding hydrogens is 272 g/mol. The molecule has 6 heteroatoms. The molecule has 0 spiro atoms. The zero-order chi connectivity index (χ0) is 13.1. The predicted molar refractivity (Wildman–Crippen MR) is 70.2 cm³/mol. The molecule has 2 rings (SSSR count). The van der Waals surface area contributed by atoms with Crippen molar-refractivity contribution in [2.75, 3.05) is 0 Å². The van der Waals surface area contributed by atoms with Crippen molar-refractivity contribution in [1.29, 1.82) is 0 Å². The van der Waals surface area contributed by atoms with Crippen molar-refractivity contribution in [2.45, 2.75) is 19.3 Å². The van der Waals surface area contributed by atoms with Crippen LogP contribution >= 0.6 is 23.1 Å². The van der Waals surface area contributed by atoms with E-state index in [1.54, 1.807) is 13.0 Å². The first-order valence-corrected chi connectivity index (χ1v) is 6.49. The SMILES string of the molecule is Cc1nsc(C(Cc2ccccc2Cl)C(=O)O)n1. The highest BCUT2D eigenvalue weighted by Crippen LogP contribution is 2.26. The van der Waals surface area contributed by atoms with E-state index >= 15 is 0 Å². The number of carbonyl (C=O) groups is 1. The van der Waals surface area contributed by atoms with Gasteiger partial charge in [0.05, 0.1) is 0 Å². The Hall–Kier alpha value is -1.46. The zero-order valence-electron chi connectivity index (χ0n) is 9.63. The van der Waals surface area contributed by atoms with Gasteiger partial charge in [0, 0.05) is 5.02 Å². The number of rotatable bonds is 4. The van der Waals surface area contributed by atoms with Crippen LogP contribution in [0.3, 0.4) is 0 Å². The number of aryl methyl sites for hydroxylation is 1. The summed E-state index contributed by atoms with van der Waals surface area (Å²) >= 11 is 7.17. The van der Waals surface area contributed by atoms with Gasteiger partial charge in [0.15, 0.2) is 0 Å². The molecule has 0 aliphatic rings. The third kappa shape index (κ3) is 2.86. The normalized spacial score (nSPS) is 12.3. The first-order chi connectivity index (χ1) is 8.58. The standard InChI is InChI=1S/C12H11ClN2O2S/c1-7-14-11(18-15-7)9(12(16)17)6-8-4-2-3-5-10(8)13/h2-5,9H,6H2,1H3,(H,16,17). The van der Waals surface area contributed by atoms with Crippen LogP contribution in [0.15, 0.2) is 24.3 Å². The molecule has 0 amide bonds. The van der Waals surface area contributed by atoms with E-state index < -0.39 is 11.9 Å². The lowest BCUT2D eigenvalue weighted by Gasteiger charge is -2.10. The second kappa shape index (κ2) is 5.46. The Kier molecular flexibility index (Phi) is 3.93.